The lowest BCUT2D eigenvalue weighted by molar-refractivity contribution is -0.255. The lowest BCUT2D eigenvalue weighted by Gasteiger charge is -2.15. The zero-order valence-electron chi connectivity index (χ0n) is 10.3. The highest BCUT2D eigenvalue weighted by Crippen LogP contribution is 2.32. The summed E-state index contributed by atoms with van der Waals surface area (Å²) in [5.41, 5.74) is 7.60. The fraction of sp³-hybridized carbons (Fsp3) is 0.182. The summed E-state index contributed by atoms with van der Waals surface area (Å²) in [7, 11) is 2.73. The molecule has 0 heterocycles. The molecule has 0 atom stereocenters. The van der Waals surface area contributed by atoms with Gasteiger partial charge in [0.15, 0.2) is 16.6 Å². The Morgan fingerprint density at radius 2 is 2.16 bits per heavy atom. The number of carboxylic acids is 1. The third-order valence-electron chi connectivity index (χ3n) is 2.16. The van der Waals surface area contributed by atoms with E-state index in [2.05, 4.69) is 22.7 Å². The molecule has 7 nitrogen and oxygen atoms in total. The smallest absolute Gasteiger partial charge is 0.184 e. The molecule has 3 N–H and O–H groups in total. The van der Waals surface area contributed by atoms with Gasteiger partial charge in [-0.2, -0.15) is 5.10 Å². The largest absolute Gasteiger partial charge is 0.545 e. The minimum Gasteiger partial charge on any atom is -0.545 e. The van der Waals surface area contributed by atoms with Gasteiger partial charge in [-0.15, -0.1) is 0 Å². The molecule has 8 heteroatoms. The number of carboxylic acid groups (broad SMARTS) is 1. The van der Waals surface area contributed by atoms with Crippen molar-refractivity contribution in [3.8, 4) is 11.5 Å². The fourth-order valence-corrected chi connectivity index (χ4v) is 1.48. The molecule has 0 aliphatic carbocycles. The number of aromatic carboxylic acids is 1. The van der Waals surface area contributed by atoms with Crippen molar-refractivity contribution in [1.82, 2.24) is 5.43 Å². The number of methoxy groups -OCH3 is 2. The molecule has 0 spiro atoms. The molecule has 0 unspecified atom stereocenters. The van der Waals surface area contributed by atoms with Gasteiger partial charge in [0.05, 0.1) is 32.0 Å². The number of nitrogens with one attached hydrogen (secondary N) is 1. The molecule has 0 aliphatic rings. The van der Waals surface area contributed by atoms with Gasteiger partial charge in [-0.1, -0.05) is 0 Å². The lowest BCUT2D eigenvalue weighted by Crippen LogP contribution is -2.26. The normalized spacial score (nSPS) is 10.2. The number of rotatable bonds is 5. The second-order valence-electron chi connectivity index (χ2n) is 3.29. The van der Waals surface area contributed by atoms with Crippen molar-refractivity contribution in [3.63, 3.8) is 0 Å². The molecular weight excluding hydrogens is 270 g/mol. The minimum atomic E-state index is -1.41. The van der Waals surface area contributed by atoms with E-state index < -0.39 is 5.97 Å². The molecule has 0 fully saturated rings. The number of benzene rings is 1. The Bertz CT molecular complexity index is 531. The first-order valence-electron chi connectivity index (χ1n) is 5.06. The monoisotopic (exact) mass is 282 g/mol. The highest BCUT2D eigenvalue weighted by Gasteiger charge is 2.14. The van der Waals surface area contributed by atoms with Crippen molar-refractivity contribution < 1.29 is 19.4 Å². The summed E-state index contributed by atoms with van der Waals surface area (Å²) in [4.78, 5) is 11.2. The third kappa shape index (κ3) is 3.55. The standard InChI is InChI=1S/C11H13N3O4S/c1-17-7-4-3-6(5-13-14-11(12)19)8(10(15)16)9(7)18-2/h3-5H,1-2H3,(H,15,16)(H3,12,14,19)/p-1. The molecule has 0 radical (unpaired) electrons. The average Bonchev–Trinajstić information content (AvgIpc) is 2.37. The predicted octanol–water partition coefficient (Wildman–Crippen LogP) is -0.766. The Labute approximate surface area is 115 Å². The quantitative estimate of drug-likeness (QED) is 0.415. The van der Waals surface area contributed by atoms with E-state index >= 15 is 0 Å². The summed E-state index contributed by atoms with van der Waals surface area (Å²) in [6.07, 6.45) is 1.24. The van der Waals surface area contributed by atoms with Gasteiger partial charge >= 0.3 is 0 Å². The maximum absolute atomic E-state index is 11.2. The Morgan fingerprint density at radius 3 is 2.63 bits per heavy atom. The summed E-state index contributed by atoms with van der Waals surface area (Å²) in [6.45, 7) is 0. The van der Waals surface area contributed by atoms with Crippen LogP contribution in [0.2, 0.25) is 0 Å². The summed E-state index contributed by atoms with van der Waals surface area (Å²) in [5.74, 6) is -1.07. The van der Waals surface area contributed by atoms with Gasteiger partial charge in [0.25, 0.3) is 0 Å². The highest BCUT2D eigenvalue weighted by molar-refractivity contribution is 7.80. The Balaban J connectivity index is 3.28. The van der Waals surface area contributed by atoms with Crippen molar-refractivity contribution in [2.24, 2.45) is 10.8 Å². The summed E-state index contributed by atoms with van der Waals surface area (Å²) in [5, 5.41) is 14.8. The third-order valence-corrected chi connectivity index (χ3v) is 2.25. The van der Waals surface area contributed by atoms with E-state index in [9.17, 15) is 9.90 Å². The van der Waals surface area contributed by atoms with E-state index in [-0.39, 0.29) is 27.7 Å². The number of nitrogens with zero attached hydrogens (tertiary/aromatic N) is 1. The number of thiocarbonyl (C=S) groups is 1. The molecule has 0 aromatic heterocycles. The predicted molar refractivity (Wildman–Crippen MR) is 71.4 cm³/mol. The zero-order chi connectivity index (χ0) is 14.4. The van der Waals surface area contributed by atoms with Crippen molar-refractivity contribution in [2.45, 2.75) is 0 Å². The topological polar surface area (TPSA) is 109 Å². The van der Waals surface area contributed by atoms with E-state index in [4.69, 9.17) is 15.2 Å². The summed E-state index contributed by atoms with van der Waals surface area (Å²) < 4.78 is 10.0. The number of hydrazone groups is 1. The first-order valence-corrected chi connectivity index (χ1v) is 5.47. The van der Waals surface area contributed by atoms with Gasteiger partial charge in [0, 0.05) is 5.56 Å². The van der Waals surface area contributed by atoms with Crippen molar-refractivity contribution in [2.75, 3.05) is 14.2 Å². The van der Waals surface area contributed by atoms with Crippen LogP contribution in [0.15, 0.2) is 17.2 Å². The summed E-state index contributed by atoms with van der Waals surface area (Å²) in [6, 6.07) is 3.05. The number of hydrogen-bond donors (Lipinski definition) is 2. The van der Waals surface area contributed by atoms with E-state index in [0.717, 1.165) is 0 Å². The second kappa shape index (κ2) is 6.55. The Hall–Kier alpha value is -2.35. The molecule has 0 saturated heterocycles. The first-order chi connectivity index (χ1) is 9.01. The van der Waals surface area contributed by atoms with Crippen LogP contribution in [-0.2, 0) is 0 Å². The number of hydrogen-bond acceptors (Lipinski definition) is 6. The second-order valence-corrected chi connectivity index (χ2v) is 3.73. The van der Waals surface area contributed by atoms with Gasteiger partial charge < -0.3 is 25.1 Å². The molecule has 19 heavy (non-hydrogen) atoms. The summed E-state index contributed by atoms with van der Waals surface area (Å²) >= 11 is 4.56. The maximum Gasteiger partial charge on any atom is 0.184 e. The van der Waals surface area contributed by atoms with Crippen LogP contribution in [0.25, 0.3) is 0 Å². The van der Waals surface area contributed by atoms with Crippen LogP contribution in [0.5, 0.6) is 11.5 Å². The van der Waals surface area contributed by atoms with Crippen LogP contribution in [-0.4, -0.2) is 31.5 Å². The average molecular weight is 282 g/mol. The highest BCUT2D eigenvalue weighted by atomic mass is 32.1. The van der Waals surface area contributed by atoms with Crippen molar-refractivity contribution >= 4 is 29.5 Å². The van der Waals surface area contributed by atoms with Crippen molar-refractivity contribution in [3.05, 3.63) is 23.3 Å². The first kappa shape index (κ1) is 14.7. The van der Waals surface area contributed by atoms with Crippen LogP contribution in [0, 0.1) is 0 Å². The van der Waals surface area contributed by atoms with Crippen LogP contribution >= 0.6 is 12.2 Å². The van der Waals surface area contributed by atoms with Crippen LogP contribution < -0.4 is 25.7 Å². The SMILES string of the molecule is COc1ccc(C=NNC(N)=S)c(C(=O)[O-])c1OC. The molecule has 0 saturated carbocycles. The van der Waals surface area contributed by atoms with Gasteiger partial charge in [0.1, 0.15) is 0 Å². The van der Waals surface area contributed by atoms with Crippen LogP contribution in [0.3, 0.4) is 0 Å². The van der Waals surface area contributed by atoms with Gasteiger partial charge in [-0.25, -0.2) is 0 Å². The van der Waals surface area contributed by atoms with E-state index in [0.29, 0.717) is 0 Å². The van der Waals surface area contributed by atoms with Crippen LogP contribution in [0.1, 0.15) is 15.9 Å². The van der Waals surface area contributed by atoms with Crippen LogP contribution in [0.4, 0.5) is 0 Å². The van der Waals surface area contributed by atoms with E-state index in [1.807, 2.05) is 0 Å². The van der Waals surface area contributed by atoms with E-state index in [1.54, 1.807) is 6.07 Å². The Kier molecular flexibility index (Phi) is 5.07. The minimum absolute atomic E-state index is 0.0354. The van der Waals surface area contributed by atoms with Crippen molar-refractivity contribution in [1.29, 1.82) is 0 Å². The molecule has 102 valence electrons. The molecule has 0 bridgehead atoms. The maximum atomic E-state index is 11.2. The number of ether oxygens (including phenoxy) is 2. The number of carbonyl (C=O) groups is 1. The number of carbonyl (C=O) groups excluding carboxylic acids is 1. The molecule has 1 aromatic rings. The fourth-order valence-electron chi connectivity index (χ4n) is 1.43. The van der Waals surface area contributed by atoms with E-state index in [1.165, 1.54) is 26.5 Å². The lowest BCUT2D eigenvalue weighted by atomic mass is 10.1. The van der Waals surface area contributed by atoms with Gasteiger partial charge in [0.2, 0.25) is 0 Å². The number of nitrogens with two attached hydrogens (primary N) is 1. The van der Waals surface area contributed by atoms with Gasteiger partial charge in [-0.3, -0.25) is 5.43 Å². The zero-order valence-corrected chi connectivity index (χ0v) is 11.1. The molecular formula is C11H12N3O4S-. The molecule has 1 aromatic carbocycles. The molecule has 1 rings (SSSR count). The molecule has 0 aliphatic heterocycles. The van der Waals surface area contributed by atoms with Gasteiger partial charge in [-0.05, 0) is 24.4 Å². The molecule has 0 amide bonds. The Morgan fingerprint density at radius 1 is 1.47 bits per heavy atom.